The van der Waals surface area contributed by atoms with Crippen molar-refractivity contribution in [3.63, 3.8) is 0 Å². The highest BCUT2D eigenvalue weighted by molar-refractivity contribution is 9.10. The molecule has 0 amide bonds. The van der Waals surface area contributed by atoms with Crippen LogP contribution in [0.15, 0.2) is 22.7 Å². The van der Waals surface area contributed by atoms with Gasteiger partial charge in [0, 0.05) is 23.1 Å². The van der Waals surface area contributed by atoms with E-state index in [4.69, 9.17) is 5.26 Å². The van der Waals surface area contributed by atoms with E-state index in [9.17, 15) is 4.39 Å². The van der Waals surface area contributed by atoms with Gasteiger partial charge in [-0.2, -0.15) is 5.26 Å². The molecule has 0 radical (unpaired) electrons. The van der Waals surface area contributed by atoms with Gasteiger partial charge in [-0.25, -0.2) is 4.39 Å². The molecule has 0 saturated heterocycles. The van der Waals surface area contributed by atoms with Crippen molar-refractivity contribution in [2.24, 2.45) is 5.92 Å². The SMILES string of the molecule is CCC(C#N)CN(C)Cc1cc(Br)ccc1F. The van der Waals surface area contributed by atoms with Gasteiger partial charge in [0.15, 0.2) is 0 Å². The first-order chi connectivity index (χ1) is 8.06. The molecule has 0 fully saturated rings. The van der Waals surface area contributed by atoms with Crippen molar-refractivity contribution in [2.45, 2.75) is 19.9 Å². The number of nitriles is 1. The third-order valence-corrected chi connectivity index (χ3v) is 3.15. The molecule has 1 aromatic carbocycles. The van der Waals surface area contributed by atoms with Gasteiger partial charge in [0.1, 0.15) is 5.82 Å². The van der Waals surface area contributed by atoms with Crippen molar-refractivity contribution in [2.75, 3.05) is 13.6 Å². The molecule has 0 bridgehead atoms. The molecule has 0 saturated carbocycles. The summed E-state index contributed by atoms with van der Waals surface area (Å²) in [6.45, 7) is 3.17. The Hall–Kier alpha value is -0.920. The lowest BCUT2D eigenvalue weighted by Crippen LogP contribution is -2.24. The summed E-state index contributed by atoms with van der Waals surface area (Å²) in [7, 11) is 1.90. The topological polar surface area (TPSA) is 27.0 Å². The molecule has 0 N–H and O–H groups in total. The predicted molar refractivity (Wildman–Crippen MR) is 69.8 cm³/mol. The molecule has 0 spiro atoms. The normalized spacial score (nSPS) is 12.5. The molecule has 0 aliphatic carbocycles. The summed E-state index contributed by atoms with van der Waals surface area (Å²) in [6, 6.07) is 7.16. The summed E-state index contributed by atoms with van der Waals surface area (Å²) >= 11 is 3.33. The van der Waals surface area contributed by atoms with Gasteiger partial charge in [0.25, 0.3) is 0 Å². The molecular weight excluding hydrogens is 283 g/mol. The van der Waals surface area contributed by atoms with Crippen molar-refractivity contribution in [3.8, 4) is 6.07 Å². The van der Waals surface area contributed by atoms with Crippen molar-refractivity contribution in [1.29, 1.82) is 5.26 Å². The van der Waals surface area contributed by atoms with Crippen molar-refractivity contribution < 1.29 is 4.39 Å². The lowest BCUT2D eigenvalue weighted by atomic mass is 10.1. The number of nitrogens with zero attached hydrogens (tertiary/aromatic N) is 2. The Labute approximate surface area is 110 Å². The van der Waals surface area contributed by atoms with Gasteiger partial charge in [0.2, 0.25) is 0 Å². The highest BCUT2D eigenvalue weighted by Crippen LogP contribution is 2.17. The van der Waals surface area contributed by atoms with E-state index in [-0.39, 0.29) is 11.7 Å². The fourth-order valence-corrected chi connectivity index (χ4v) is 2.07. The Morgan fingerprint density at radius 2 is 2.24 bits per heavy atom. The minimum Gasteiger partial charge on any atom is -0.301 e. The Kier molecular flexibility index (Phi) is 5.60. The van der Waals surface area contributed by atoms with Gasteiger partial charge >= 0.3 is 0 Å². The monoisotopic (exact) mass is 298 g/mol. The maximum Gasteiger partial charge on any atom is 0.127 e. The summed E-state index contributed by atoms with van der Waals surface area (Å²) < 4.78 is 14.4. The van der Waals surface area contributed by atoms with Crippen molar-refractivity contribution >= 4 is 15.9 Å². The van der Waals surface area contributed by atoms with Crippen LogP contribution < -0.4 is 0 Å². The molecule has 0 heterocycles. The summed E-state index contributed by atoms with van der Waals surface area (Å²) in [5.74, 6) is -0.194. The van der Waals surface area contributed by atoms with E-state index in [2.05, 4.69) is 22.0 Å². The molecule has 0 aliphatic heterocycles. The van der Waals surface area contributed by atoms with E-state index in [1.165, 1.54) is 6.07 Å². The van der Waals surface area contributed by atoms with Gasteiger partial charge < -0.3 is 4.90 Å². The average Bonchev–Trinajstić information content (AvgIpc) is 2.31. The molecule has 0 aromatic heterocycles. The van der Waals surface area contributed by atoms with E-state index in [0.29, 0.717) is 18.7 Å². The zero-order valence-electron chi connectivity index (χ0n) is 10.1. The van der Waals surface area contributed by atoms with E-state index >= 15 is 0 Å². The third kappa shape index (κ3) is 4.45. The fourth-order valence-electron chi connectivity index (χ4n) is 1.66. The van der Waals surface area contributed by atoms with Crippen LogP contribution in [-0.2, 0) is 6.54 Å². The fraction of sp³-hybridized carbons (Fsp3) is 0.462. The highest BCUT2D eigenvalue weighted by Gasteiger charge is 2.11. The lowest BCUT2D eigenvalue weighted by Gasteiger charge is -2.19. The van der Waals surface area contributed by atoms with E-state index in [1.807, 2.05) is 18.9 Å². The maximum absolute atomic E-state index is 13.5. The van der Waals surface area contributed by atoms with Crippen LogP contribution in [0.5, 0.6) is 0 Å². The van der Waals surface area contributed by atoms with E-state index < -0.39 is 0 Å². The second kappa shape index (κ2) is 6.73. The Balaban J connectivity index is 2.65. The molecule has 1 unspecified atom stereocenters. The first kappa shape index (κ1) is 14.1. The van der Waals surface area contributed by atoms with Gasteiger partial charge in [-0.3, -0.25) is 0 Å². The minimum atomic E-state index is -0.204. The number of halogens is 2. The molecule has 2 nitrogen and oxygen atoms in total. The first-order valence-corrected chi connectivity index (χ1v) is 6.38. The second-order valence-electron chi connectivity index (χ2n) is 4.17. The van der Waals surface area contributed by atoms with Crippen LogP contribution in [0.3, 0.4) is 0 Å². The molecule has 1 aromatic rings. The smallest absolute Gasteiger partial charge is 0.127 e. The van der Waals surface area contributed by atoms with Gasteiger partial charge in [-0.05, 0) is 31.7 Å². The first-order valence-electron chi connectivity index (χ1n) is 5.59. The van der Waals surface area contributed by atoms with E-state index in [0.717, 1.165) is 10.9 Å². The zero-order valence-corrected chi connectivity index (χ0v) is 11.7. The zero-order chi connectivity index (χ0) is 12.8. The van der Waals surface area contributed by atoms with Crippen molar-refractivity contribution in [3.05, 3.63) is 34.1 Å². The molecule has 17 heavy (non-hydrogen) atoms. The average molecular weight is 299 g/mol. The Bertz CT molecular complexity index is 414. The summed E-state index contributed by atoms with van der Waals surface area (Å²) in [5.41, 5.74) is 0.648. The van der Waals surface area contributed by atoms with Crippen LogP contribution in [-0.4, -0.2) is 18.5 Å². The lowest BCUT2D eigenvalue weighted by molar-refractivity contribution is 0.288. The Morgan fingerprint density at radius 1 is 1.53 bits per heavy atom. The van der Waals surface area contributed by atoms with Crippen molar-refractivity contribution in [1.82, 2.24) is 4.90 Å². The predicted octanol–water partition coefficient (Wildman–Crippen LogP) is 3.57. The van der Waals surface area contributed by atoms with Crippen LogP contribution in [0.1, 0.15) is 18.9 Å². The van der Waals surface area contributed by atoms with E-state index in [1.54, 1.807) is 12.1 Å². The van der Waals surface area contributed by atoms with Crippen LogP contribution >= 0.6 is 15.9 Å². The quantitative estimate of drug-likeness (QED) is 0.831. The second-order valence-corrected chi connectivity index (χ2v) is 5.08. The number of rotatable bonds is 5. The van der Waals surface area contributed by atoms with Gasteiger partial charge in [-0.1, -0.05) is 22.9 Å². The molecule has 0 aliphatic rings. The maximum atomic E-state index is 13.5. The number of benzene rings is 1. The summed E-state index contributed by atoms with van der Waals surface area (Å²) in [4.78, 5) is 1.97. The van der Waals surface area contributed by atoms with Crippen LogP contribution in [0.2, 0.25) is 0 Å². The molecule has 4 heteroatoms. The summed E-state index contributed by atoms with van der Waals surface area (Å²) in [6.07, 6.45) is 0.821. The van der Waals surface area contributed by atoms with Gasteiger partial charge in [0.05, 0.1) is 12.0 Å². The molecule has 1 atom stereocenters. The Morgan fingerprint density at radius 3 is 2.82 bits per heavy atom. The van der Waals surface area contributed by atoms with Crippen LogP contribution in [0.25, 0.3) is 0 Å². The van der Waals surface area contributed by atoms with Gasteiger partial charge in [-0.15, -0.1) is 0 Å². The third-order valence-electron chi connectivity index (χ3n) is 2.66. The van der Waals surface area contributed by atoms with Crippen LogP contribution in [0, 0.1) is 23.1 Å². The highest BCUT2D eigenvalue weighted by atomic mass is 79.9. The molecule has 1 rings (SSSR count). The molecule has 92 valence electrons. The number of hydrogen-bond acceptors (Lipinski definition) is 2. The number of hydrogen-bond donors (Lipinski definition) is 0. The minimum absolute atomic E-state index is 0.00946. The molecular formula is C13H16BrFN2. The largest absolute Gasteiger partial charge is 0.301 e. The van der Waals surface area contributed by atoms with Crippen LogP contribution in [0.4, 0.5) is 4.39 Å². The standard InChI is InChI=1S/C13H16BrFN2/c1-3-10(7-16)8-17(2)9-11-6-12(14)4-5-13(11)15/h4-6,10H,3,8-9H2,1-2H3. The summed E-state index contributed by atoms with van der Waals surface area (Å²) in [5, 5.41) is 8.88.